The summed E-state index contributed by atoms with van der Waals surface area (Å²) in [6.07, 6.45) is -0.455. The number of aliphatic carboxylic acids is 2. The van der Waals surface area contributed by atoms with Gasteiger partial charge in [0.2, 0.25) is 17.7 Å². The zero-order valence-corrected chi connectivity index (χ0v) is 16.7. The number of carboxylic acid groups (broad SMARTS) is 2. The summed E-state index contributed by atoms with van der Waals surface area (Å²) in [5.74, 6) is -5.24. The third kappa shape index (κ3) is 12.7. The lowest BCUT2D eigenvalue weighted by Gasteiger charge is -2.20. The standard InChI is InChI=1S/C16H29N7O8/c17-8(7-24)13(28)23-9(2-1-5-20-16(18)19)14(29)21-6-11(25)22-10(15(30)31)3-4-12(26)27/h8-10,24H,1-7,17H2,(H,21,29)(H,22,25)(H,23,28)(H,26,27)(H,30,31)(H4,18,19,20)/t8-,9-,10-/m0/s1. The van der Waals surface area contributed by atoms with Crippen LogP contribution in [-0.2, 0) is 24.0 Å². The van der Waals surface area contributed by atoms with Gasteiger partial charge in [-0.05, 0) is 19.3 Å². The fourth-order valence-corrected chi connectivity index (χ4v) is 2.20. The van der Waals surface area contributed by atoms with Gasteiger partial charge in [-0.25, -0.2) is 4.79 Å². The lowest BCUT2D eigenvalue weighted by molar-refractivity contribution is -0.143. The van der Waals surface area contributed by atoms with Crippen LogP contribution in [0, 0.1) is 0 Å². The molecule has 0 heterocycles. The summed E-state index contributed by atoms with van der Waals surface area (Å²) in [6.45, 7) is -1.11. The van der Waals surface area contributed by atoms with Gasteiger partial charge in [-0.3, -0.25) is 24.2 Å². The molecule has 0 aliphatic carbocycles. The van der Waals surface area contributed by atoms with Crippen molar-refractivity contribution >= 4 is 35.6 Å². The Morgan fingerprint density at radius 1 is 0.935 bits per heavy atom. The van der Waals surface area contributed by atoms with E-state index in [2.05, 4.69) is 20.9 Å². The molecule has 0 spiro atoms. The molecule has 0 aromatic rings. The molecule has 0 bridgehead atoms. The van der Waals surface area contributed by atoms with Gasteiger partial charge in [0.15, 0.2) is 5.96 Å². The number of nitrogens with zero attached hydrogens (tertiary/aromatic N) is 1. The number of aliphatic hydroxyl groups is 1. The first-order valence-electron chi connectivity index (χ1n) is 9.21. The summed E-state index contributed by atoms with van der Waals surface area (Å²) in [6, 6.07) is -3.84. The third-order valence-electron chi connectivity index (χ3n) is 3.82. The molecule has 0 aliphatic heterocycles. The molecule has 3 atom stereocenters. The summed E-state index contributed by atoms with van der Waals surface area (Å²) < 4.78 is 0. The van der Waals surface area contributed by atoms with Crippen LogP contribution in [0.3, 0.4) is 0 Å². The van der Waals surface area contributed by atoms with Crippen LogP contribution in [-0.4, -0.2) is 88.8 Å². The number of hydrogen-bond acceptors (Lipinski definition) is 8. The summed E-state index contributed by atoms with van der Waals surface area (Å²) in [7, 11) is 0. The molecule has 0 saturated carbocycles. The van der Waals surface area contributed by atoms with E-state index in [4.69, 9.17) is 32.5 Å². The van der Waals surface area contributed by atoms with Gasteiger partial charge in [0.05, 0.1) is 13.2 Å². The number of rotatable bonds is 15. The molecule has 0 aliphatic rings. The summed E-state index contributed by atoms with van der Waals surface area (Å²) in [4.78, 5) is 61.6. The lowest BCUT2D eigenvalue weighted by Crippen LogP contribution is -2.54. The minimum atomic E-state index is -1.45. The van der Waals surface area contributed by atoms with Crippen LogP contribution in [0.4, 0.5) is 0 Å². The van der Waals surface area contributed by atoms with E-state index in [1.165, 1.54) is 0 Å². The van der Waals surface area contributed by atoms with Gasteiger partial charge in [0.25, 0.3) is 0 Å². The average Bonchev–Trinajstić information content (AvgIpc) is 2.69. The molecule has 0 saturated heterocycles. The molecule has 0 rings (SSSR count). The molecule has 12 N–H and O–H groups in total. The highest BCUT2D eigenvalue weighted by Gasteiger charge is 2.25. The Bertz CT molecular complexity index is 681. The largest absolute Gasteiger partial charge is 0.481 e. The van der Waals surface area contributed by atoms with E-state index in [0.717, 1.165) is 0 Å². The molecule has 176 valence electrons. The van der Waals surface area contributed by atoms with Crippen LogP contribution in [0.15, 0.2) is 4.99 Å². The van der Waals surface area contributed by atoms with Crippen LogP contribution < -0.4 is 33.2 Å². The van der Waals surface area contributed by atoms with Gasteiger partial charge in [-0.15, -0.1) is 0 Å². The van der Waals surface area contributed by atoms with Crippen LogP contribution in [0.25, 0.3) is 0 Å². The molecule has 0 aromatic carbocycles. The fourth-order valence-electron chi connectivity index (χ4n) is 2.20. The first-order valence-corrected chi connectivity index (χ1v) is 9.21. The second-order valence-electron chi connectivity index (χ2n) is 6.41. The minimum absolute atomic E-state index is 0.0739. The van der Waals surface area contributed by atoms with Gasteiger partial charge >= 0.3 is 11.9 Å². The molecule has 31 heavy (non-hydrogen) atoms. The van der Waals surface area contributed by atoms with E-state index in [9.17, 15) is 24.0 Å². The second-order valence-corrected chi connectivity index (χ2v) is 6.41. The summed E-state index contributed by atoms with van der Waals surface area (Å²) >= 11 is 0. The van der Waals surface area contributed by atoms with Crippen molar-refractivity contribution in [2.45, 2.75) is 43.8 Å². The number of aliphatic hydroxyl groups excluding tert-OH is 1. The number of aliphatic imine (C=N–C) groups is 1. The maximum Gasteiger partial charge on any atom is 0.326 e. The van der Waals surface area contributed by atoms with Crippen molar-refractivity contribution in [3.8, 4) is 0 Å². The molecule has 15 heteroatoms. The summed E-state index contributed by atoms with van der Waals surface area (Å²) in [5.41, 5.74) is 15.8. The van der Waals surface area contributed by atoms with Crippen molar-refractivity contribution in [1.82, 2.24) is 16.0 Å². The third-order valence-corrected chi connectivity index (χ3v) is 3.82. The Kier molecular flexibility index (Phi) is 12.9. The predicted octanol–water partition coefficient (Wildman–Crippen LogP) is -4.61. The first kappa shape index (κ1) is 27.5. The zero-order valence-electron chi connectivity index (χ0n) is 16.7. The van der Waals surface area contributed by atoms with Crippen molar-refractivity contribution in [1.29, 1.82) is 0 Å². The van der Waals surface area contributed by atoms with E-state index >= 15 is 0 Å². The predicted molar refractivity (Wildman–Crippen MR) is 106 cm³/mol. The topological polar surface area (TPSA) is 273 Å². The number of guanidine groups is 1. The average molecular weight is 447 g/mol. The summed E-state index contributed by atoms with van der Waals surface area (Å²) in [5, 5.41) is 33.3. The van der Waals surface area contributed by atoms with Crippen LogP contribution in [0.1, 0.15) is 25.7 Å². The van der Waals surface area contributed by atoms with Gasteiger partial charge in [-0.2, -0.15) is 0 Å². The zero-order chi connectivity index (χ0) is 24.0. The normalized spacial score (nSPS) is 13.2. The first-order chi connectivity index (χ1) is 14.5. The van der Waals surface area contributed by atoms with E-state index in [1.807, 2.05) is 0 Å². The second kappa shape index (κ2) is 14.5. The van der Waals surface area contributed by atoms with Crippen molar-refractivity contribution in [3.63, 3.8) is 0 Å². The number of carbonyl (C=O) groups is 5. The Labute approximate surface area is 177 Å². The molecular weight excluding hydrogens is 418 g/mol. The number of hydrogen-bond donors (Lipinski definition) is 9. The van der Waals surface area contributed by atoms with Crippen molar-refractivity contribution < 1.29 is 39.3 Å². The lowest BCUT2D eigenvalue weighted by atomic mass is 10.1. The fraction of sp³-hybridized carbons (Fsp3) is 0.625. The van der Waals surface area contributed by atoms with E-state index in [0.29, 0.717) is 0 Å². The smallest absolute Gasteiger partial charge is 0.326 e. The Balaban J connectivity index is 4.87. The maximum absolute atomic E-state index is 12.4. The van der Waals surface area contributed by atoms with Gasteiger partial charge in [-0.1, -0.05) is 0 Å². The Morgan fingerprint density at radius 2 is 1.58 bits per heavy atom. The van der Waals surface area contributed by atoms with Crippen molar-refractivity contribution in [2.75, 3.05) is 19.7 Å². The van der Waals surface area contributed by atoms with Crippen LogP contribution in [0.5, 0.6) is 0 Å². The van der Waals surface area contributed by atoms with E-state index in [-0.39, 0.29) is 31.8 Å². The Morgan fingerprint density at radius 3 is 2.10 bits per heavy atom. The van der Waals surface area contributed by atoms with Gasteiger partial charge in [0, 0.05) is 13.0 Å². The number of carbonyl (C=O) groups excluding carboxylic acids is 3. The molecule has 0 radical (unpaired) electrons. The maximum atomic E-state index is 12.4. The highest BCUT2D eigenvalue weighted by Crippen LogP contribution is 2.00. The number of nitrogens with one attached hydrogen (secondary N) is 3. The van der Waals surface area contributed by atoms with E-state index < -0.39 is 67.4 Å². The van der Waals surface area contributed by atoms with Crippen LogP contribution in [0.2, 0.25) is 0 Å². The SMILES string of the molecule is NC(N)=NCCC[C@H](NC(=O)[C@@H](N)CO)C(=O)NCC(=O)N[C@@H](CCC(=O)O)C(=O)O. The van der Waals surface area contributed by atoms with Crippen LogP contribution >= 0.6 is 0 Å². The highest BCUT2D eigenvalue weighted by molar-refractivity contribution is 5.92. The number of carboxylic acids is 2. The Hall–Kier alpha value is -3.46. The molecular formula is C16H29N7O8. The molecule has 0 aromatic heterocycles. The molecule has 0 fully saturated rings. The molecule has 0 unspecified atom stereocenters. The highest BCUT2D eigenvalue weighted by atomic mass is 16.4. The molecule has 3 amide bonds. The number of nitrogens with two attached hydrogens (primary N) is 3. The minimum Gasteiger partial charge on any atom is -0.481 e. The van der Waals surface area contributed by atoms with Gasteiger partial charge in [0.1, 0.15) is 18.1 Å². The van der Waals surface area contributed by atoms with Crippen molar-refractivity contribution in [3.05, 3.63) is 0 Å². The van der Waals surface area contributed by atoms with E-state index in [1.54, 1.807) is 0 Å². The monoisotopic (exact) mass is 447 g/mol. The van der Waals surface area contributed by atoms with Gasteiger partial charge < -0.3 is 48.5 Å². The molecule has 15 nitrogen and oxygen atoms in total. The quantitative estimate of drug-likeness (QED) is 0.0654. The van der Waals surface area contributed by atoms with Crippen molar-refractivity contribution in [2.24, 2.45) is 22.2 Å². The number of amides is 3.